The second-order valence-electron chi connectivity index (χ2n) is 8.62. The van der Waals surface area contributed by atoms with E-state index in [1.54, 1.807) is 19.0 Å². The first-order valence-corrected chi connectivity index (χ1v) is 11.1. The van der Waals surface area contributed by atoms with Crippen molar-refractivity contribution in [3.8, 4) is 11.1 Å². The predicted molar refractivity (Wildman–Crippen MR) is 129 cm³/mol. The molecule has 0 fully saturated rings. The lowest BCUT2D eigenvalue weighted by molar-refractivity contribution is -0.118. The number of hydrogen-bond acceptors (Lipinski definition) is 6. The average molecular weight is 478 g/mol. The van der Waals surface area contributed by atoms with Gasteiger partial charge >= 0.3 is 12.1 Å². The van der Waals surface area contributed by atoms with Gasteiger partial charge in [-0.25, -0.2) is 9.59 Å². The van der Waals surface area contributed by atoms with Gasteiger partial charge in [-0.3, -0.25) is 9.48 Å². The van der Waals surface area contributed by atoms with Gasteiger partial charge in [-0.15, -0.1) is 0 Å². The molecular formula is C25H27N5O5. The number of likely N-dealkylation sites (N-methyl/N-ethyl adjacent to an activating group) is 1. The number of aryl methyl sites for hydroxylation is 1. The third-order valence-corrected chi connectivity index (χ3v) is 5.85. The summed E-state index contributed by atoms with van der Waals surface area (Å²) >= 11 is 0. The van der Waals surface area contributed by atoms with E-state index in [1.165, 1.54) is 13.1 Å². The molecule has 182 valence electrons. The smallest absolute Gasteiger partial charge is 0.407 e. The van der Waals surface area contributed by atoms with Gasteiger partial charge in [0.1, 0.15) is 18.3 Å². The second-order valence-corrected chi connectivity index (χ2v) is 8.62. The number of alkyl carbamates (subject to hydrolysis) is 1. The fraction of sp³-hybridized carbons (Fsp3) is 0.280. The predicted octanol–water partition coefficient (Wildman–Crippen LogP) is 2.53. The molecule has 0 radical (unpaired) electrons. The van der Waals surface area contributed by atoms with Crippen LogP contribution in [0, 0.1) is 0 Å². The highest BCUT2D eigenvalue weighted by atomic mass is 16.5. The number of carbonyl (C=O) groups excluding carboxylic acids is 2. The van der Waals surface area contributed by atoms with Crippen LogP contribution in [0.2, 0.25) is 0 Å². The zero-order chi connectivity index (χ0) is 25.1. The molecule has 10 nitrogen and oxygen atoms in total. The number of nitrogens with zero attached hydrogens (tertiary/aromatic N) is 3. The highest BCUT2D eigenvalue weighted by Gasteiger charge is 2.30. The Bertz CT molecular complexity index is 1220. The van der Waals surface area contributed by atoms with E-state index in [2.05, 4.69) is 27.9 Å². The van der Waals surface area contributed by atoms with Gasteiger partial charge in [-0.1, -0.05) is 48.5 Å². The molecule has 1 aliphatic carbocycles. The van der Waals surface area contributed by atoms with Crippen LogP contribution in [-0.4, -0.2) is 71.0 Å². The van der Waals surface area contributed by atoms with Crippen molar-refractivity contribution in [2.24, 2.45) is 7.05 Å². The minimum atomic E-state index is -1.16. The number of nitrogens with one attached hydrogen (secondary N) is 2. The van der Waals surface area contributed by atoms with Crippen molar-refractivity contribution in [2.75, 3.05) is 32.6 Å². The fourth-order valence-electron chi connectivity index (χ4n) is 4.28. The van der Waals surface area contributed by atoms with Gasteiger partial charge in [0.05, 0.1) is 0 Å². The maximum absolute atomic E-state index is 12.9. The van der Waals surface area contributed by atoms with Gasteiger partial charge in [0, 0.05) is 25.6 Å². The summed E-state index contributed by atoms with van der Waals surface area (Å²) in [5, 5.41) is 18.3. The molecule has 4 rings (SSSR count). The van der Waals surface area contributed by atoms with Crippen LogP contribution >= 0.6 is 0 Å². The maximum atomic E-state index is 12.9. The van der Waals surface area contributed by atoms with E-state index in [0.29, 0.717) is 0 Å². The second kappa shape index (κ2) is 9.98. The van der Waals surface area contributed by atoms with Crippen LogP contribution in [0.25, 0.3) is 11.1 Å². The van der Waals surface area contributed by atoms with Crippen LogP contribution in [0.1, 0.15) is 27.5 Å². The monoisotopic (exact) mass is 477 g/mol. The first kappa shape index (κ1) is 24.0. The van der Waals surface area contributed by atoms with Crippen molar-refractivity contribution >= 4 is 23.8 Å². The SMILES string of the molecule is CN(C)CC(NC(=O)OCC1c2ccccc2-c2ccccc21)C(=O)Nc1cc(C(=O)O)n(C)n1. The largest absolute Gasteiger partial charge is 0.477 e. The first-order valence-electron chi connectivity index (χ1n) is 11.1. The number of benzene rings is 2. The number of carboxylic acid groups (broad SMARTS) is 1. The number of carbonyl (C=O) groups is 3. The van der Waals surface area contributed by atoms with E-state index in [9.17, 15) is 19.5 Å². The normalized spacial score (nSPS) is 13.1. The van der Waals surface area contributed by atoms with Crippen LogP contribution in [0.15, 0.2) is 54.6 Å². The number of rotatable bonds is 8. The van der Waals surface area contributed by atoms with E-state index in [-0.39, 0.29) is 30.6 Å². The number of carboxylic acids is 1. The number of aromatic nitrogens is 2. The molecule has 0 spiro atoms. The van der Waals surface area contributed by atoms with Gasteiger partial charge < -0.3 is 25.4 Å². The zero-order valence-corrected chi connectivity index (χ0v) is 19.7. The molecule has 0 saturated carbocycles. The fourth-order valence-corrected chi connectivity index (χ4v) is 4.28. The van der Waals surface area contributed by atoms with Crippen LogP contribution in [0.3, 0.4) is 0 Å². The number of ether oxygens (including phenoxy) is 1. The van der Waals surface area contributed by atoms with Gasteiger partial charge in [0.2, 0.25) is 5.91 Å². The molecule has 1 aliphatic rings. The van der Waals surface area contributed by atoms with Crippen molar-refractivity contribution < 1.29 is 24.2 Å². The van der Waals surface area contributed by atoms with Crippen molar-refractivity contribution in [3.63, 3.8) is 0 Å². The lowest BCUT2D eigenvalue weighted by Gasteiger charge is -2.22. The summed E-state index contributed by atoms with van der Waals surface area (Å²) < 4.78 is 6.71. The Labute approximate surface area is 202 Å². The minimum absolute atomic E-state index is 0.0750. The molecule has 2 amide bonds. The molecule has 35 heavy (non-hydrogen) atoms. The minimum Gasteiger partial charge on any atom is -0.477 e. The summed E-state index contributed by atoms with van der Waals surface area (Å²) in [5.74, 6) is -1.73. The molecule has 2 aromatic carbocycles. The van der Waals surface area contributed by atoms with E-state index in [1.807, 2.05) is 36.4 Å². The summed E-state index contributed by atoms with van der Waals surface area (Å²) in [4.78, 5) is 38.5. The number of fused-ring (bicyclic) bond motifs is 3. The Morgan fingerprint density at radius 3 is 2.23 bits per heavy atom. The van der Waals surface area contributed by atoms with Crippen molar-refractivity contribution in [3.05, 3.63) is 71.4 Å². The first-order chi connectivity index (χ1) is 16.7. The van der Waals surface area contributed by atoms with E-state index >= 15 is 0 Å². The Balaban J connectivity index is 1.42. The molecule has 1 unspecified atom stereocenters. The third kappa shape index (κ3) is 5.17. The molecule has 0 saturated heterocycles. The Kier molecular flexibility index (Phi) is 6.83. The third-order valence-electron chi connectivity index (χ3n) is 5.85. The van der Waals surface area contributed by atoms with E-state index < -0.39 is 24.0 Å². The molecule has 3 N–H and O–H groups in total. The summed E-state index contributed by atoms with van der Waals surface area (Å²) in [6, 6.07) is 16.4. The van der Waals surface area contributed by atoms with Crippen molar-refractivity contribution in [2.45, 2.75) is 12.0 Å². The molecule has 1 heterocycles. The Hall–Kier alpha value is -4.18. The quantitative estimate of drug-likeness (QED) is 0.455. The number of aromatic carboxylic acids is 1. The molecular weight excluding hydrogens is 450 g/mol. The Morgan fingerprint density at radius 2 is 1.69 bits per heavy atom. The zero-order valence-electron chi connectivity index (χ0n) is 19.7. The van der Waals surface area contributed by atoms with Crippen LogP contribution in [0.5, 0.6) is 0 Å². The van der Waals surface area contributed by atoms with Gasteiger partial charge in [0.25, 0.3) is 0 Å². The molecule has 10 heteroatoms. The van der Waals surface area contributed by atoms with Crippen LogP contribution in [-0.2, 0) is 16.6 Å². The van der Waals surface area contributed by atoms with Crippen molar-refractivity contribution in [1.29, 1.82) is 0 Å². The number of hydrogen-bond donors (Lipinski definition) is 3. The summed E-state index contributed by atoms with van der Waals surface area (Å²) in [5.41, 5.74) is 4.35. The van der Waals surface area contributed by atoms with Crippen LogP contribution < -0.4 is 10.6 Å². The molecule has 0 bridgehead atoms. The lowest BCUT2D eigenvalue weighted by Crippen LogP contribution is -2.49. The van der Waals surface area contributed by atoms with Gasteiger partial charge in [-0.2, -0.15) is 5.10 Å². The molecule has 1 aromatic heterocycles. The highest BCUT2D eigenvalue weighted by Crippen LogP contribution is 2.44. The van der Waals surface area contributed by atoms with E-state index in [0.717, 1.165) is 26.9 Å². The Morgan fingerprint density at radius 1 is 1.09 bits per heavy atom. The highest BCUT2D eigenvalue weighted by molar-refractivity contribution is 5.97. The number of amides is 2. The maximum Gasteiger partial charge on any atom is 0.407 e. The van der Waals surface area contributed by atoms with Crippen molar-refractivity contribution in [1.82, 2.24) is 20.0 Å². The topological polar surface area (TPSA) is 126 Å². The summed E-state index contributed by atoms with van der Waals surface area (Å²) in [7, 11) is 5.00. The number of anilines is 1. The molecule has 3 aromatic rings. The molecule has 0 aliphatic heterocycles. The van der Waals surface area contributed by atoms with Gasteiger partial charge in [-0.05, 0) is 36.3 Å². The van der Waals surface area contributed by atoms with Gasteiger partial charge in [0.15, 0.2) is 5.82 Å². The lowest BCUT2D eigenvalue weighted by atomic mass is 9.98. The summed E-state index contributed by atoms with van der Waals surface area (Å²) in [6.07, 6.45) is -0.721. The molecule has 1 atom stereocenters. The average Bonchev–Trinajstić information content (AvgIpc) is 3.34. The van der Waals surface area contributed by atoms with E-state index in [4.69, 9.17) is 4.74 Å². The standard InChI is InChI=1S/C25H27N5O5/c1-29(2)13-20(23(31)27-22-12-21(24(32)33)30(3)28-22)26-25(34)35-14-19-17-10-6-4-8-15(17)16-9-5-7-11-18(16)19/h4-12,19-20H,13-14H2,1-3H3,(H,26,34)(H,32,33)(H,27,28,31). The summed E-state index contributed by atoms with van der Waals surface area (Å²) in [6.45, 7) is 0.326. The van der Waals surface area contributed by atoms with Crippen LogP contribution in [0.4, 0.5) is 10.6 Å².